The van der Waals surface area contributed by atoms with E-state index in [4.69, 9.17) is 10.8 Å². The van der Waals surface area contributed by atoms with Crippen molar-refractivity contribution in [3.8, 4) is 0 Å². The van der Waals surface area contributed by atoms with Crippen LogP contribution in [0.1, 0.15) is 5.69 Å². The van der Waals surface area contributed by atoms with Gasteiger partial charge in [0.25, 0.3) is 0 Å². The zero-order valence-corrected chi connectivity index (χ0v) is 9.06. The number of nitrogens with zero attached hydrogens (tertiary/aromatic N) is 1. The number of carboxylic acids is 1. The summed E-state index contributed by atoms with van der Waals surface area (Å²) in [5.41, 5.74) is 6.14. The summed E-state index contributed by atoms with van der Waals surface area (Å²) in [7, 11) is 0. The number of aromatic amines is 1. The van der Waals surface area contributed by atoms with Gasteiger partial charge >= 0.3 is 84.2 Å². The second-order valence-corrected chi connectivity index (χ2v) is 3.71. The molecule has 1 aromatic heterocycles. The van der Waals surface area contributed by atoms with Gasteiger partial charge < -0.3 is 0 Å². The van der Waals surface area contributed by atoms with Gasteiger partial charge in [0.1, 0.15) is 0 Å². The second kappa shape index (κ2) is 3.96. The normalized spacial score (nSPS) is 12.8. The third kappa shape index (κ3) is 2.25. The van der Waals surface area contributed by atoms with Crippen LogP contribution in [0.3, 0.4) is 0 Å². The van der Waals surface area contributed by atoms with Crippen molar-refractivity contribution >= 4 is 9.37 Å². The number of nitrogens with two attached hydrogens (primary N) is 1. The Morgan fingerprint density at radius 1 is 1.92 bits per heavy atom. The molecule has 0 saturated heterocycles. The van der Waals surface area contributed by atoms with Gasteiger partial charge in [0, 0.05) is 0 Å². The van der Waals surface area contributed by atoms with Crippen LogP contribution in [-0.2, 0) is 11.2 Å². The van der Waals surface area contributed by atoms with Crippen LogP contribution in [0, 0.1) is 24.7 Å². The number of hydrogen-bond donors (Lipinski definition) is 3. The Morgan fingerprint density at radius 3 is 3.00 bits per heavy atom. The third-order valence-corrected chi connectivity index (χ3v) is 2.67. The Balaban J connectivity index is 2.64. The molecule has 0 radical (unpaired) electrons. The van der Waals surface area contributed by atoms with Crippen molar-refractivity contribution in [1.29, 1.82) is 0 Å². The molecule has 66 valence electrons. The first-order valence-corrected chi connectivity index (χ1v) is 4.74. The average molecular weight is 364 g/mol. The Bertz CT molecular complexity index is 286. The molecule has 0 aliphatic carbocycles. The predicted octanol–water partition coefficient (Wildman–Crippen LogP) is -1.46. The molecule has 1 heterocycles. The van der Waals surface area contributed by atoms with Gasteiger partial charge in [-0.1, -0.05) is 0 Å². The minimum absolute atomic E-state index is 0.307. The first kappa shape index (κ1) is 9.61. The Labute approximate surface area is 84.2 Å². The van der Waals surface area contributed by atoms with E-state index in [0.29, 0.717) is 6.42 Å². The van der Waals surface area contributed by atoms with E-state index in [1.54, 1.807) is 6.33 Å². The van der Waals surface area contributed by atoms with Crippen LogP contribution in [0.4, 0.5) is 0 Å². The fourth-order valence-electron chi connectivity index (χ4n) is 0.755. The van der Waals surface area contributed by atoms with Gasteiger partial charge in [0.05, 0.1) is 0 Å². The van der Waals surface area contributed by atoms with Crippen molar-refractivity contribution in [1.82, 2.24) is 9.97 Å². The molecular weight excluding hydrogens is 356 g/mol. The van der Waals surface area contributed by atoms with Crippen molar-refractivity contribution in [3.05, 3.63) is 12.0 Å². The van der Waals surface area contributed by atoms with Crippen LogP contribution in [0.25, 0.3) is 0 Å². The topological polar surface area (TPSA) is 92.0 Å². The molecule has 5 nitrogen and oxygen atoms in total. The number of hydrogen-bond acceptors (Lipinski definition) is 3. The molecule has 1 unspecified atom stereocenters. The van der Waals surface area contributed by atoms with Crippen molar-refractivity contribution < 1.29 is 34.6 Å². The maximum absolute atomic E-state index is 10.4. The summed E-state index contributed by atoms with van der Waals surface area (Å²) in [4.78, 5) is 17.2. The predicted molar refractivity (Wildman–Crippen MR) is 37.5 cm³/mol. The zero-order chi connectivity index (χ0) is 9.14. The summed E-state index contributed by atoms with van der Waals surface area (Å²) in [5, 5.41) is 8.52. The summed E-state index contributed by atoms with van der Waals surface area (Å²) in [5.74, 6) is -0.990. The minimum atomic E-state index is -0.990. The van der Waals surface area contributed by atoms with E-state index in [1.165, 1.54) is 24.7 Å². The number of aliphatic carboxylic acids is 1. The Morgan fingerprint density at radius 2 is 2.58 bits per heavy atom. The van der Waals surface area contributed by atoms with Gasteiger partial charge in [0.2, 0.25) is 0 Å². The van der Waals surface area contributed by atoms with Crippen molar-refractivity contribution in [2.45, 2.75) is 12.5 Å². The Hall–Kier alpha value is -0.477. The van der Waals surface area contributed by atoms with Gasteiger partial charge in [-0.2, -0.15) is 0 Å². The van der Waals surface area contributed by atoms with Crippen LogP contribution in [0.5, 0.6) is 0 Å². The SMILES string of the molecule is NC(Cc1[nH]cnc1[At])C(=O)O. The molecule has 0 fully saturated rings. The molecule has 1 aromatic rings. The summed E-state index contributed by atoms with van der Waals surface area (Å²) >= 11 is 1.41. The molecule has 6 heteroatoms. The number of imidazole rings is 1. The summed E-state index contributed by atoms with van der Waals surface area (Å²) in [6.07, 6.45) is 1.85. The molecule has 1 atom stereocenters. The van der Waals surface area contributed by atoms with E-state index >= 15 is 0 Å². The van der Waals surface area contributed by atoms with Crippen molar-refractivity contribution in [2.75, 3.05) is 0 Å². The molecule has 0 saturated carbocycles. The number of carboxylic acid groups (broad SMARTS) is 1. The molecule has 0 aromatic carbocycles. The van der Waals surface area contributed by atoms with E-state index in [9.17, 15) is 4.79 Å². The fraction of sp³-hybridized carbons (Fsp3) is 0.333. The van der Waals surface area contributed by atoms with Crippen LogP contribution >= 0.6 is 0 Å². The first-order valence-electron chi connectivity index (χ1n) is 3.27. The van der Waals surface area contributed by atoms with Crippen molar-refractivity contribution in [3.63, 3.8) is 0 Å². The first-order chi connectivity index (χ1) is 5.61. The molecule has 12 heavy (non-hydrogen) atoms. The Kier molecular flexibility index (Phi) is 3.17. The summed E-state index contributed by atoms with van der Waals surface area (Å²) < 4.78 is 0.853. The molecule has 0 bridgehead atoms. The van der Waals surface area contributed by atoms with E-state index in [1.807, 2.05) is 0 Å². The molecule has 0 amide bonds. The monoisotopic (exact) mass is 364 g/mol. The summed E-state index contributed by atoms with van der Waals surface area (Å²) in [6, 6.07) is -0.848. The van der Waals surface area contributed by atoms with E-state index in [0.717, 1.165) is 9.10 Å². The van der Waals surface area contributed by atoms with E-state index in [2.05, 4.69) is 9.97 Å². The van der Waals surface area contributed by atoms with Gasteiger partial charge in [0.15, 0.2) is 0 Å². The number of nitrogens with one attached hydrogen (secondary N) is 1. The number of rotatable bonds is 3. The quantitative estimate of drug-likeness (QED) is 0.612. The number of aromatic nitrogens is 2. The van der Waals surface area contributed by atoms with Gasteiger partial charge in [-0.15, -0.1) is 0 Å². The third-order valence-electron chi connectivity index (χ3n) is 1.41. The van der Waals surface area contributed by atoms with Crippen molar-refractivity contribution in [2.24, 2.45) is 5.73 Å². The van der Waals surface area contributed by atoms with Crippen LogP contribution in [0.2, 0.25) is 0 Å². The summed E-state index contributed by atoms with van der Waals surface area (Å²) in [6.45, 7) is 0. The fourth-order valence-corrected chi connectivity index (χ4v) is 1.46. The molecular formula is C6H8AtN3O2. The van der Waals surface area contributed by atoms with Gasteiger partial charge in [-0.3, -0.25) is 0 Å². The van der Waals surface area contributed by atoms with E-state index in [-0.39, 0.29) is 0 Å². The second-order valence-electron chi connectivity index (χ2n) is 2.32. The number of carbonyl (C=O) groups is 1. The maximum atomic E-state index is 10.4. The molecule has 4 N–H and O–H groups in total. The van der Waals surface area contributed by atoms with E-state index < -0.39 is 12.0 Å². The van der Waals surface area contributed by atoms with Crippen LogP contribution in [-0.4, -0.2) is 27.1 Å². The molecule has 0 aliphatic rings. The molecule has 0 spiro atoms. The standard InChI is InChI=1S/C6H8AtN3O2/c7-5-4(9-2-10-5)1-3(8)6(11)12/h2-3H,1,8H2,(H,9,10)(H,11,12). The molecule has 0 aliphatic heterocycles. The van der Waals surface area contributed by atoms with Crippen LogP contribution < -0.4 is 9.14 Å². The molecule has 1 rings (SSSR count). The number of H-pyrrole nitrogens is 1. The average Bonchev–Trinajstić information content (AvgIpc) is 2.36. The zero-order valence-electron chi connectivity index (χ0n) is 6.12. The van der Waals surface area contributed by atoms with Crippen LogP contribution in [0.15, 0.2) is 6.33 Å². The van der Waals surface area contributed by atoms with Gasteiger partial charge in [-0.05, 0) is 0 Å². The van der Waals surface area contributed by atoms with Gasteiger partial charge in [-0.25, -0.2) is 0 Å².